The average molecular weight is 323 g/mol. The van der Waals surface area contributed by atoms with E-state index in [9.17, 15) is 9.59 Å². The molecule has 5 heteroatoms. The Bertz CT molecular complexity index is 428. The summed E-state index contributed by atoms with van der Waals surface area (Å²) in [6, 6.07) is 0.582. The van der Waals surface area contributed by atoms with Gasteiger partial charge >= 0.3 is 0 Å². The third-order valence-electron chi connectivity index (χ3n) is 5.02. The normalized spacial score (nSPS) is 25.6. The molecule has 1 saturated carbocycles. The van der Waals surface area contributed by atoms with Crippen molar-refractivity contribution < 1.29 is 9.59 Å². The van der Waals surface area contributed by atoms with Gasteiger partial charge in [-0.05, 0) is 58.9 Å². The van der Waals surface area contributed by atoms with Gasteiger partial charge in [-0.2, -0.15) is 0 Å². The number of fused-ring (bicyclic) bond motifs is 1. The van der Waals surface area contributed by atoms with Crippen LogP contribution in [0, 0.1) is 5.92 Å². The van der Waals surface area contributed by atoms with Crippen LogP contribution in [0.2, 0.25) is 0 Å². The first-order valence-electron chi connectivity index (χ1n) is 9.05. The van der Waals surface area contributed by atoms with Crippen LogP contribution in [-0.2, 0) is 9.59 Å². The highest BCUT2D eigenvalue weighted by molar-refractivity contribution is 5.85. The van der Waals surface area contributed by atoms with E-state index < -0.39 is 0 Å². The molecule has 2 amide bonds. The molecule has 1 heterocycles. The minimum atomic E-state index is -0.261. The van der Waals surface area contributed by atoms with E-state index in [1.807, 2.05) is 20.8 Å². The van der Waals surface area contributed by atoms with Crippen LogP contribution in [0.25, 0.3) is 0 Å². The fourth-order valence-corrected chi connectivity index (χ4v) is 3.98. The Balaban J connectivity index is 1.84. The summed E-state index contributed by atoms with van der Waals surface area (Å²) in [6.07, 6.45) is 7.69. The van der Waals surface area contributed by atoms with E-state index in [1.165, 1.54) is 38.5 Å². The SMILES string of the molecule is CN(CC(=O)NC(C)(C)C)C(=O)CN1CCCC2CCCCC21. The van der Waals surface area contributed by atoms with Crippen LogP contribution < -0.4 is 5.32 Å². The van der Waals surface area contributed by atoms with Crippen LogP contribution >= 0.6 is 0 Å². The molecule has 0 aromatic rings. The molecule has 0 bridgehead atoms. The molecule has 5 nitrogen and oxygen atoms in total. The van der Waals surface area contributed by atoms with Crippen molar-refractivity contribution in [3.8, 4) is 0 Å². The Morgan fingerprint density at radius 3 is 2.48 bits per heavy atom. The zero-order valence-corrected chi connectivity index (χ0v) is 15.2. The van der Waals surface area contributed by atoms with Crippen molar-refractivity contribution in [3.05, 3.63) is 0 Å². The Hall–Kier alpha value is -1.10. The summed E-state index contributed by atoms with van der Waals surface area (Å²) in [5.41, 5.74) is -0.261. The van der Waals surface area contributed by atoms with Crippen molar-refractivity contribution in [1.29, 1.82) is 0 Å². The lowest BCUT2D eigenvalue weighted by molar-refractivity contribution is -0.137. The van der Waals surface area contributed by atoms with E-state index in [0.717, 1.165) is 12.5 Å². The second-order valence-corrected chi connectivity index (χ2v) is 8.27. The van der Waals surface area contributed by atoms with Crippen LogP contribution in [0.1, 0.15) is 59.3 Å². The third-order valence-corrected chi connectivity index (χ3v) is 5.02. The van der Waals surface area contributed by atoms with E-state index in [4.69, 9.17) is 0 Å². The third kappa shape index (κ3) is 5.48. The van der Waals surface area contributed by atoms with Gasteiger partial charge in [0.2, 0.25) is 11.8 Å². The molecular weight excluding hydrogens is 290 g/mol. The predicted molar refractivity (Wildman–Crippen MR) is 92.1 cm³/mol. The van der Waals surface area contributed by atoms with Crippen LogP contribution in [0.15, 0.2) is 0 Å². The Morgan fingerprint density at radius 1 is 1.13 bits per heavy atom. The number of piperidine rings is 1. The number of carbonyl (C=O) groups is 2. The number of rotatable bonds is 4. The molecular formula is C18H33N3O2. The molecule has 1 saturated heterocycles. The summed E-state index contributed by atoms with van der Waals surface area (Å²) in [5.74, 6) is 0.739. The molecule has 0 aromatic heterocycles. The summed E-state index contributed by atoms with van der Waals surface area (Å²) in [6.45, 7) is 7.46. The fraction of sp³-hybridized carbons (Fsp3) is 0.889. The maximum absolute atomic E-state index is 12.5. The molecule has 0 radical (unpaired) electrons. The minimum Gasteiger partial charge on any atom is -0.350 e. The number of nitrogens with one attached hydrogen (secondary N) is 1. The molecule has 1 aliphatic carbocycles. The highest BCUT2D eigenvalue weighted by Crippen LogP contribution is 2.35. The zero-order chi connectivity index (χ0) is 17.0. The Labute approximate surface area is 140 Å². The van der Waals surface area contributed by atoms with Crippen molar-refractivity contribution in [2.45, 2.75) is 70.9 Å². The average Bonchev–Trinajstić information content (AvgIpc) is 2.45. The number of likely N-dealkylation sites (tertiary alicyclic amines) is 1. The number of hydrogen-bond donors (Lipinski definition) is 1. The molecule has 23 heavy (non-hydrogen) atoms. The number of hydrogen-bond acceptors (Lipinski definition) is 3. The van der Waals surface area contributed by atoms with E-state index in [-0.39, 0.29) is 23.9 Å². The van der Waals surface area contributed by atoms with E-state index >= 15 is 0 Å². The zero-order valence-electron chi connectivity index (χ0n) is 15.2. The lowest BCUT2D eigenvalue weighted by Gasteiger charge is -2.44. The molecule has 1 N–H and O–H groups in total. The summed E-state index contributed by atoms with van der Waals surface area (Å²) >= 11 is 0. The van der Waals surface area contributed by atoms with Gasteiger partial charge in [-0.3, -0.25) is 14.5 Å². The molecule has 2 unspecified atom stereocenters. The largest absolute Gasteiger partial charge is 0.350 e. The molecule has 1 aliphatic heterocycles. The highest BCUT2D eigenvalue weighted by Gasteiger charge is 2.34. The topological polar surface area (TPSA) is 52.7 Å². The van der Waals surface area contributed by atoms with Gasteiger partial charge in [0.15, 0.2) is 0 Å². The molecule has 2 fully saturated rings. The Kier molecular flexibility index (Phi) is 6.06. The molecule has 0 aromatic carbocycles. The van der Waals surface area contributed by atoms with Gasteiger partial charge in [0.1, 0.15) is 0 Å². The molecule has 2 aliphatic rings. The molecule has 0 spiro atoms. The first-order chi connectivity index (χ1) is 10.8. The number of likely N-dealkylation sites (N-methyl/N-ethyl adjacent to an activating group) is 1. The van der Waals surface area contributed by atoms with Gasteiger partial charge in [-0.1, -0.05) is 12.8 Å². The summed E-state index contributed by atoms with van der Waals surface area (Å²) in [5, 5.41) is 2.91. The second-order valence-electron chi connectivity index (χ2n) is 8.27. The van der Waals surface area contributed by atoms with Gasteiger partial charge in [0, 0.05) is 18.6 Å². The molecule has 132 valence electrons. The van der Waals surface area contributed by atoms with Crippen molar-refractivity contribution in [1.82, 2.24) is 15.1 Å². The second kappa shape index (κ2) is 7.65. The number of amides is 2. The summed E-state index contributed by atoms with van der Waals surface area (Å²) in [7, 11) is 1.73. The van der Waals surface area contributed by atoms with Gasteiger partial charge in [0.05, 0.1) is 13.1 Å². The van der Waals surface area contributed by atoms with Crippen LogP contribution in [0.5, 0.6) is 0 Å². The van der Waals surface area contributed by atoms with E-state index in [1.54, 1.807) is 11.9 Å². The lowest BCUT2D eigenvalue weighted by atomic mass is 9.78. The maximum atomic E-state index is 12.5. The van der Waals surface area contributed by atoms with Gasteiger partial charge in [-0.25, -0.2) is 0 Å². The summed E-state index contributed by atoms with van der Waals surface area (Å²) in [4.78, 5) is 28.4. The molecule has 2 atom stereocenters. The minimum absolute atomic E-state index is 0.0558. The maximum Gasteiger partial charge on any atom is 0.240 e. The quantitative estimate of drug-likeness (QED) is 0.861. The molecule has 2 rings (SSSR count). The van der Waals surface area contributed by atoms with Gasteiger partial charge in [-0.15, -0.1) is 0 Å². The smallest absolute Gasteiger partial charge is 0.240 e. The Morgan fingerprint density at radius 2 is 1.78 bits per heavy atom. The standard InChI is InChI=1S/C18H33N3O2/c1-18(2,3)19-16(22)12-20(4)17(23)13-21-11-7-9-14-8-5-6-10-15(14)21/h14-15H,5-13H2,1-4H3,(H,19,22). The first kappa shape index (κ1) is 18.2. The van der Waals surface area contributed by atoms with Crippen molar-refractivity contribution in [2.75, 3.05) is 26.7 Å². The van der Waals surface area contributed by atoms with Crippen LogP contribution in [0.3, 0.4) is 0 Å². The van der Waals surface area contributed by atoms with Crippen LogP contribution in [-0.4, -0.2) is 59.9 Å². The van der Waals surface area contributed by atoms with Crippen molar-refractivity contribution in [2.24, 2.45) is 5.92 Å². The fourth-order valence-electron chi connectivity index (χ4n) is 3.98. The number of carbonyl (C=O) groups excluding carboxylic acids is 2. The lowest BCUT2D eigenvalue weighted by Crippen LogP contribution is -2.52. The summed E-state index contributed by atoms with van der Waals surface area (Å²) < 4.78 is 0. The van der Waals surface area contributed by atoms with Crippen molar-refractivity contribution >= 4 is 11.8 Å². The van der Waals surface area contributed by atoms with Gasteiger partial charge < -0.3 is 10.2 Å². The number of nitrogens with zero attached hydrogens (tertiary/aromatic N) is 2. The first-order valence-corrected chi connectivity index (χ1v) is 9.05. The monoisotopic (exact) mass is 323 g/mol. The van der Waals surface area contributed by atoms with Gasteiger partial charge in [0.25, 0.3) is 0 Å². The van der Waals surface area contributed by atoms with Crippen molar-refractivity contribution in [3.63, 3.8) is 0 Å². The highest BCUT2D eigenvalue weighted by atomic mass is 16.2. The van der Waals surface area contributed by atoms with E-state index in [2.05, 4.69) is 10.2 Å². The van der Waals surface area contributed by atoms with E-state index in [0.29, 0.717) is 12.6 Å². The van der Waals surface area contributed by atoms with Crippen LogP contribution in [0.4, 0.5) is 0 Å². The predicted octanol–water partition coefficient (Wildman–Crippen LogP) is 2.01.